The molecule has 0 saturated heterocycles. The summed E-state index contributed by atoms with van der Waals surface area (Å²) in [5.41, 5.74) is 0.494. The Labute approximate surface area is 133 Å². The number of hydrogen-bond acceptors (Lipinski definition) is 3. The molecule has 0 heterocycles. The van der Waals surface area contributed by atoms with Gasteiger partial charge in [0.05, 0.1) is 0 Å². The lowest BCUT2D eigenvalue weighted by Gasteiger charge is -2.44. The Morgan fingerprint density at radius 3 is 2.48 bits per heavy atom. The Bertz CT molecular complexity index is 274. The van der Waals surface area contributed by atoms with Crippen molar-refractivity contribution in [3.63, 3.8) is 0 Å². The van der Waals surface area contributed by atoms with Crippen LogP contribution in [-0.2, 0) is 0 Å². The first-order valence-electron chi connectivity index (χ1n) is 8.88. The van der Waals surface area contributed by atoms with Crippen molar-refractivity contribution < 1.29 is 0 Å². The molecule has 0 radical (unpaired) electrons. The maximum Gasteiger partial charge on any atom is 0.0109 e. The maximum absolute atomic E-state index is 3.49. The van der Waals surface area contributed by atoms with E-state index in [0.29, 0.717) is 5.41 Å². The highest BCUT2D eigenvalue weighted by Gasteiger charge is 2.35. The number of likely N-dealkylation sites (N-methyl/N-ethyl adjacent to an activating group) is 1. The largest absolute Gasteiger partial charge is 0.319 e. The summed E-state index contributed by atoms with van der Waals surface area (Å²) in [5, 5.41) is 3.49. The number of rotatable bonds is 9. The van der Waals surface area contributed by atoms with Crippen molar-refractivity contribution in [3.05, 3.63) is 0 Å². The van der Waals surface area contributed by atoms with Crippen LogP contribution in [0.2, 0.25) is 0 Å². The van der Waals surface area contributed by atoms with Crippen LogP contribution in [0.4, 0.5) is 0 Å². The Balaban J connectivity index is 2.69. The molecule has 1 rings (SSSR count). The summed E-state index contributed by atoms with van der Waals surface area (Å²) in [6.07, 6.45) is 5.62. The van der Waals surface area contributed by atoms with Crippen LogP contribution in [0.15, 0.2) is 0 Å². The average Bonchev–Trinajstić information content (AvgIpc) is 2.35. The second-order valence-corrected chi connectivity index (χ2v) is 8.16. The van der Waals surface area contributed by atoms with Crippen LogP contribution in [-0.4, -0.2) is 63.7 Å². The second kappa shape index (κ2) is 9.12. The predicted octanol–water partition coefficient (Wildman–Crippen LogP) is 2.92. The van der Waals surface area contributed by atoms with Crippen LogP contribution in [0.25, 0.3) is 0 Å². The lowest BCUT2D eigenvalue weighted by atomic mass is 9.69. The van der Waals surface area contributed by atoms with E-state index in [4.69, 9.17) is 0 Å². The minimum absolute atomic E-state index is 0.494. The zero-order valence-electron chi connectivity index (χ0n) is 15.4. The van der Waals surface area contributed by atoms with Gasteiger partial charge in [0, 0.05) is 32.7 Å². The van der Waals surface area contributed by atoms with Crippen molar-refractivity contribution >= 4 is 0 Å². The van der Waals surface area contributed by atoms with Gasteiger partial charge in [-0.2, -0.15) is 0 Å². The van der Waals surface area contributed by atoms with Crippen molar-refractivity contribution in [1.29, 1.82) is 0 Å². The molecular weight excluding hydrogens is 258 g/mol. The quantitative estimate of drug-likeness (QED) is 0.706. The highest BCUT2D eigenvalue weighted by molar-refractivity contribution is 4.90. The van der Waals surface area contributed by atoms with Crippen LogP contribution in [0.5, 0.6) is 0 Å². The fraction of sp³-hybridized carbons (Fsp3) is 1.00. The Morgan fingerprint density at radius 2 is 1.95 bits per heavy atom. The zero-order chi connectivity index (χ0) is 15.9. The summed E-state index contributed by atoms with van der Waals surface area (Å²) in [6, 6.07) is 0. The molecule has 2 atom stereocenters. The first kappa shape index (κ1) is 18.9. The van der Waals surface area contributed by atoms with Gasteiger partial charge < -0.3 is 15.1 Å². The number of nitrogens with one attached hydrogen (secondary N) is 1. The van der Waals surface area contributed by atoms with Gasteiger partial charge in [0.1, 0.15) is 0 Å². The van der Waals surface area contributed by atoms with E-state index in [1.165, 1.54) is 51.9 Å². The molecule has 0 aromatic heterocycles. The molecule has 0 amide bonds. The smallest absolute Gasteiger partial charge is 0.0109 e. The molecule has 0 aromatic rings. The van der Waals surface area contributed by atoms with Gasteiger partial charge in [-0.25, -0.2) is 0 Å². The molecule has 3 nitrogen and oxygen atoms in total. The molecule has 2 unspecified atom stereocenters. The molecule has 126 valence electrons. The molecule has 0 spiro atoms. The molecule has 1 N–H and O–H groups in total. The van der Waals surface area contributed by atoms with E-state index >= 15 is 0 Å². The topological polar surface area (TPSA) is 18.5 Å². The van der Waals surface area contributed by atoms with Crippen LogP contribution in [0, 0.1) is 17.3 Å². The Kier molecular flexibility index (Phi) is 8.22. The molecule has 1 aliphatic carbocycles. The third-order valence-electron chi connectivity index (χ3n) is 4.78. The SMILES string of the molecule is CNCC1(CN(CCN(C)C)CC(C)C)CCCC(C)C1. The molecule has 0 aromatic carbocycles. The zero-order valence-corrected chi connectivity index (χ0v) is 15.4. The van der Waals surface area contributed by atoms with Gasteiger partial charge in [0.15, 0.2) is 0 Å². The first-order chi connectivity index (χ1) is 9.87. The Morgan fingerprint density at radius 1 is 1.24 bits per heavy atom. The normalized spacial score (nSPS) is 27.0. The van der Waals surface area contributed by atoms with E-state index in [2.05, 4.69) is 57.0 Å². The van der Waals surface area contributed by atoms with E-state index in [0.717, 1.165) is 18.4 Å². The van der Waals surface area contributed by atoms with Gasteiger partial charge >= 0.3 is 0 Å². The van der Waals surface area contributed by atoms with Crippen LogP contribution in [0.1, 0.15) is 46.5 Å². The Hall–Kier alpha value is -0.120. The third-order valence-corrected chi connectivity index (χ3v) is 4.78. The molecule has 1 saturated carbocycles. The fourth-order valence-corrected chi connectivity index (χ4v) is 4.07. The lowest BCUT2D eigenvalue weighted by Crippen LogP contribution is -2.48. The summed E-state index contributed by atoms with van der Waals surface area (Å²) in [7, 11) is 6.48. The van der Waals surface area contributed by atoms with E-state index in [9.17, 15) is 0 Å². The van der Waals surface area contributed by atoms with Crippen molar-refractivity contribution in [2.24, 2.45) is 17.3 Å². The van der Waals surface area contributed by atoms with Crippen LogP contribution in [0.3, 0.4) is 0 Å². The minimum Gasteiger partial charge on any atom is -0.319 e. The van der Waals surface area contributed by atoms with Crippen molar-refractivity contribution in [2.45, 2.75) is 46.5 Å². The minimum atomic E-state index is 0.494. The van der Waals surface area contributed by atoms with E-state index in [1.54, 1.807) is 0 Å². The van der Waals surface area contributed by atoms with Gasteiger partial charge in [0.2, 0.25) is 0 Å². The third kappa shape index (κ3) is 7.12. The van der Waals surface area contributed by atoms with Gasteiger partial charge in [0.25, 0.3) is 0 Å². The van der Waals surface area contributed by atoms with Crippen LogP contribution >= 0.6 is 0 Å². The molecule has 0 aliphatic heterocycles. The van der Waals surface area contributed by atoms with Crippen molar-refractivity contribution in [1.82, 2.24) is 15.1 Å². The first-order valence-corrected chi connectivity index (χ1v) is 8.88. The lowest BCUT2D eigenvalue weighted by molar-refractivity contribution is 0.0723. The molecule has 3 heteroatoms. The van der Waals surface area contributed by atoms with E-state index in [1.807, 2.05) is 0 Å². The van der Waals surface area contributed by atoms with Gasteiger partial charge in [-0.15, -0.1) is 0 Å². The second-order valence-electron chi connectivity index (χ2n) is 8.16. The number of hydrogen-bond donors (Lipinski definition) is 1. The monoisotopic (exact) mass is 297 g/mol. The van der Waals surface area contributed by atoms with Crippen molar-refractivity contribution in [2.75, 3.05) is 53.9 Å². The maximum atomic E-state index is 3.49. The molecule has 21 heavy (non-hydrogen) atoms. The highest BCUT2D eigenvalue weighted by Crippen LogP contribution is 2.39. The summed E-state index contributed by atoms with van der Waals surface area (Å²) < 4.78 is 0. The summed E-state index contributed by atoms with van der Waals surface area (Å²) in [6.45, 7) is 13.2. The van der Waals surface area contributed by atoms with Gasteiger partial charge in [-0.3, -0.25) is 0 Å². The van der Waals surface area contributed by atoms with Crippen molar-refractivity contribution in [3.8, 4) is 0 Å². The summed E-state index contributed by atoms with van der Waals surface area (Å²) in [4.78, 5) is 5.03. The summed E-state index contributed by atoms with van der Waals surface area (Å²) in [5.74, 6) is 1.64. The predicted molar refractivity (Wildman–Crippen MR) is 93.8 cm³/mol. The highest BCUT2D eigenvalue weighted by atomic mass is 15.2. The standard InChI is InChI=1S/C18H39N3/c1-16(2)13-21(11-10-20(5)6)15-18(14-19-4)9-7-8-17(3)12-18/h16-17,19H,7-15H2,1-6H3. The molecule has 1 aliphatic rings. The van der Waals surface area contributed by atoms with E-state index < -0.39 is 0 Å². The van der Waals surface area contributed by atoms with Gasteiger partial charge in [-0.05, 0) is 51.2 Å². The number of nitrogens with zero attached hydrogens (tertiary/aromatic N) is 2. The van der Waals surface area contributed by atoms with Crippen LogP contribution < -0.4 is 5.32 Å². The fourth-order valence-electron chi connectivity index (χ4n) is 4.07. The molecular formula is C18H39N3. The average molecular weight is 298 g/mol. The molecule has 0 bridgehead atoms. The molecule has 1 fully saturated rings. The van der Waals surface area contributed by atoms with E-state index in [-0.39, 0.29) is 0 Å². The summed E-state index contributed by atoms with van der Waals surface area (Å²) >= 11 is 0. The van der Waals surface area contributed by atoms with Gasteiger partial charge in [-0.1, -0.05) is 33.6 Å².